The number of fused-ring (bicyclic) bond motifs is 1. The first-order chi connectivity index (χ1) is 17.1. The Morgan fingerprint density at radius 1 is 0.714 bits per heavy atom. The molecule has 35 heavy (non-hydrogen) atoms. The van der Waals surface area contributed by atoms with Gasteiger partial charge in [0.1, 0.15) is 58.5 Å². The van der Waals surface area contributed by atoms with Gasteiger partial charge >= 0.3 is 0 Å². The van der Waals surface area contributed by atoms with Crippen molar-refractivity contribution in [2.45, 2.75) is 0 Å². The van der Waals surface area contributed by atoms with E-state index >= 15 is 0 Å². The van der Waals surface area contributed by atoms with E-state index in [1.165, 1.54) is 12.2 Å². The van der Waals surface area contributed by atoms with Crippen LogP contribution in [0, 0.1) is 45.3 Å². The fraction of sp³-hybridized carbons (Fsp3) is 0. The average Bonchev–Trinajstić information content (AvgIpc) is 3.65. The van der Waals surface area contributed by atoms with Crippen LogP contribution >= 0.6 is 0 Å². The lowest BCUT2D eigenvalue weighted by Crippen LogP contribution is -1.81. The van der Waals surface area contributed by atoms with Crippen LogP contribution < -0.4 is 0 Å². The molecule has 0 saturated carbocycles. The third-order valence-electron chi connectivity index (χ3n) is 5.00. The Balaban J connectivity index is 1.66. The Labute approximate surface area is 200 Å². The summed E-state index contributed by atoms with van der Waals surface area (Å²) < 4.78 is 11.9. The molecule has 0 fully saturated rings. The molecule has 3 aromatic heterocycles. The fourth-order valence-corrected chi connectivity index (χ4v) is 3.38. The molecule has 0 aliphatic carbocycles. The Kier molecular flexibility index (Phi) is 6.56. The van der Waals surface area contributed by atoms with Crippen molar-refractivity contribution >= 4 is 23.1 Å². The van der Waals surface area contributed by atoms with Gasteiger partial charge in [-0.25, -0.2) is 0 Å². The molecule has 0 unspecified atom stereocenters. The van der Waals surface area contributed by atoms with Gasteiger partial charge in [0, 0.05) is 28.2 Å². The first kappa shape index (κ1) is 22.4. The normalized spacial score (nSPS) is 10.5. The molecule has 1 N–H and O–H groups in total. The van der Waals surface area contributed by atoms with E-state index in [2.05, 4.69) is 4.98 Å². The lowest BCUT2D eigenvalue weighted by atomic mass is 10.0. The van der Waals surface area contributed by atoms with E-state index in [-0.39, 0.29) is 11.1 Å². The number of aromatic nitrogens is 1. The molecule has 7 nitrogen and oxygen atoms in total. The number of hydrogen-bond acceptors (Lipinski definition) is 6. The van der Waals surface area contributed by atoms with Crippen molar-refractivity contribution in [3.8, 4) is 46.9 Å². The van der Waals surface area contributed by atoms with E-state index in [1.54, 1.807) is 54.6 Å². The number of rotatable bonds is 6. The van der Waals surface area contributed by atoms with E-state index in [0.717, 1.165) is 22.0 Å². The molecule has 4 rings (SSSR count). The van der Waals surface area contributed by atoms with Crippen LogP contribution in [0.2, 0.25) is 0 Å². The highest BCUT2D eigenvalue weighted by molar-refractivity contribution is 5.97. The number of allylic oxidation sites excluding steroid dienone is 6. The van der Waals surface area contributed by atoms with Gasteiger partial charge in [-0.2, -0.15) is 21.0 Å². The summed E-state index contributed by atoms with van der Waals surface area (Å²) in [5, 5.41) is 36.3. The van der Waals surface area contributed by atoms with Gasteiger partial charge in [-0.05, 0) is 66.8 Å². The van der Waals surface area contributed by atoms with Crippen molar-refractivity contribution in [3.05, 3.63) is 95.6 Å². The lowest BCUT2D eigenvalue weighted by Gasteiger charge is -2.04. The summed E-state index contributed by atoms with van der Waals surface area (Å²) in [7, 11) is 0. The molecule has 164 valence electrons. The quantitative estimate of drug-likeness (QED) is 0.256. The smallest absolute Gasteiger partial charge is 0.135 e. The van der Waals surface area contributed by atoms with Crippen LogP contribution in [0.15, 0.2) is 92.9 Å². The number of nitriles is 4. The number of benzene rings is 1. The van der Waals surface area contributed by atoms with Crippen LogP contribution in [-0.4, -0.2) is 4.98 Å². The van der Waals surface area contributed by atoms with Crippen molar-refractivity contribution in [3.63, 3.8) is 0 Å². The Hall–Kier alpha value is -5.76. The van der Waals surface area contributed by atoms with Crippen LogP contribution in [-0.2, 0) is 0 Å². The summed E-state index contributed by atoms with van der Waals surface area (Å²) in [5.74, 6) is 2.45. The molecule has 1 aromatic carbocycles. The second-order valence-electron chi connectivity index (χ2n) is 7.19. The second kappa shape index (κ2) is 10.2. The molecule has 0 amide bonds. The topological polar surface area (TPSA) is 137 Å². The maximum Gasteiger partial charge on any atom is 0.135 e. The molecule has 0 bridgehead atoms. The number of hydrogen-bond donors (Lipinski definition) is 1. The monoisotopic (exact) mass is 453 g/mol. The number of aromatic amines is 1. The minimum absolute atomic E-state index is 0.00835. The first-order valence-electron chi connectivity index (χ1n) is 10.3. The van der Waals surface area contributed by atoms with E-state index in [0.29, 0.717) is 23.0 Å². The zero-order chi connectivity index (χ0) is 24.6. The van der Waals surface area contributed by atoms with Gasteiger partial charge in [-0.15, -0.1) is 0 Å². The maximum atomic E-state index is 8.82. The molecular weight excluding hydrogens is 438 g/mol. The van der Waals surface area contributed by atoms with Crippen molar-refractivity contribution < 1.29 is 8.83 Å². The van der Waals surface area contributed by atoms with E-state index in [9.17, 15) is 0 Å². The highest BCUT2D eigenvalue weighted by Crippen LogP contribution is 2.35. The largest absolute Gasteiger partial charge is 0.457 e. The number of nitrogens with zero attached hydrogens (tertiary/aromatic N) is 4. The molecule has 4 aromatic rings. The molecule has 0 aliphatic rings. The molecule has 0 spiro atoms. The molecular formula is C28H15N5O2. The third-order valence-corrected chi connectivity index (χ3v) is 5.00. The average molecular weight is 453 g/mol. The van der Waals surface area contributed by atoms with Gasteiger partial charge in [-0.3, -0.25) is 0 Å². The summed E-state index contributed by atoms with van der Waals surface area (Å²) in [6, 6.07) is 20.4. The van der Waals surface area contributed by atoms with Crippen LogP contribution in [0.5, 0.6) is 0 Å². The van der Waals surface area contributed by atoms with Crippen LogP contribution in [0.25, 0.3) is 45.7 Å². The van der Waals surface area contributed by atoms with Crippen LogP contribution in [0.3, 0.4) is 0 Å². The number of H-pyrrole nitrogens is 1. The zero-order valence-electron chi connectivity index (χ0n) is 18.2. The van der Waals surface area contributed by atoms with Crippen LogP contribution in [0.1, 0.15) is 11.5 Å². The lowest BCUT2D eigenvalue weighted by molar-refractivity contribution is 0.570. The van der Waals surface area contributed by atoms with Gasteiger partial charge in [-0.1, -0.05) is 12.2 Å². The van der Waals surface area contributed by atoms with Crippen molar-refractivity contribution in [2.75, 3.05) is 0 Å². The third kappa shape index (κ3) is 5.02. The second-order valence-corrected chi connectivity index (χ2v) is 7.19. The highest BCUT2D eigenvalue weighted by Gasteiger charge is 2.13. The summed E-state index contributed by atoms with van der Waals surface area (Å²) in [6.45, 7) is 0. The fourth-order valence-electron chi connectivity index (χ4n) is 3.38. The van der Waals surface area contributed by atoms with Gasteiger partial charge in [0.25, 0.3) is 0 Å². The van der Waals surface area contributed by atoms with Gasteiger partial charge < -0.3 is 13.8 Å². The number of furan rings is 2. The summed E-state index contributed by atoms with van der Waals surface area (Å²) in [5.41, 5.74) is 2.63. The zero-order valence-corrected chi connectivity index (χ0v) is 18.2. The van der Waals surface area contributed by atoms with E-state index < -0.39 is 0 Å². The van der Waals surface area contributed by atoms with E-state index in [4.69, 9.17) is 29.9 Å². The number of nitrogens with one attached hydrogen (secondary N) is 1. The summed E-state index contributed by atoms with van der Waals surface area (Å²) in [6.07, 6.45) is 11.2. The maximum absolute atomic E-state index is 8.82. The Morgan fingerprint density at radius 3 is 1.89 bits per heavy atom. The van der Waals surface area contributed by atoms with Crippen molar-refractivity contribution in [1.29, 1.82) is 21.0 Å². The van der Waals surface area contributed by atoms with Gasteiger partial charge in [0.05, 0.1) is 0 Å². The van der Waals surface area contributed by atoms with Crippen molar-refractivity contribution in [1.82, 2.24) is 4.98 Å². The van der Waals surface area contributed by atoms with Gasteiger partial charge in [0.15, 0.2) is 0 Å². The minimum Gasteiger partial charge on any atom is -0.457 e. The van der Waals surface area contributed by atoms with Crippen molar-refractivity contribution in [2.24, 2.45) is 0 Å². The summed E-state index contributed by atoms with van der Waals surface area (Å²) >= 11 is 0. The molecule has 7 heteroatoms. The SMILES string of the molecule is N#CC(C#N)=C/C=C/c1ccc(-c2cc(-c3ccc(/C=C/C=C(C#N)C#N)o3)c3cc[nH]c3c2)o1. The highest BCUT2D eigenvalue weighted by atomic mass is 16.3. The first-order valence-corrected chi connectivity index (χ1v) is 10.3. The molecule has 0 aliphatic heterocycles. The van der Waals surface area contributed by atoms with Gasteiger partial charge in [0.2, 0.25) is 0 Å². The molecule has 3 heterocycles. The molecule has 0 saturated heterocycles. The summed E-state index contributed by atoms with van der Waals surface area (Å²) in [4.78, 5) is 3.22. The molecule has 0 atom stereocenters. The molecule has 0 radical (unpaired) electrons. The predicted molar refractivity (Wildman–Crippen MR) is 130 cm³/mol. The Morgan fingerprint density at radius 2 is 1.29 bits per heavy atom. The predicted octanol–water partition coefficient (Wildman–Crippen LogP) is 6.66. The van der Waals surface area contributed by atoms with E-state index in [1.807, 2.05) is 42.6 Å². The minimum atomic E-state index is 0.00835. The standard InChI is InChI=1S/C28H15N5O2/c29-15-19(16-30)3-1-5-22-7-9-27(34-22)21-13-25(24-11-12-33-26(24)14-21)28-10-8-23(35-28)6-2-4-20(17-31)18-32/h1-14,33H/b5-1+,6-2+. The Bertz CT molecular complexity index is 1660. The van der Waals surface area contributed by atoms with Crippen LogP contribution in [0.4, 0.5) is 0 Å².